The molecule has 0 aliphatic heterocycles. The van der Waals surface area contributed by atoms with Gasteiger partial charge in [0.05, 0.1) is 15.9 Å². The molecule has 3 aromatic rings. The lowest BCUT2D eigenvalue weighted by Gasteiger charge is -2.18. The fraction of sp³-hybridized carbons (Fsp3) is 0.409. The van der Waals surface area contributed by atoms with Crippen molar-refractivity contribution in [3.8, 4) is 0 Å². The molecular formula is C22H29N5O3S. The summed E-state index contributed by atoms with van der Waals surface area (Å²) in [6.07, 6.45) is 4.24. The first kappa shape index (κ1) is 22.9. The zero-order valence-electron chi connectivity index (χ0n) is 18.4. The highest BCUT2D eigenvalue weighted by molar-refractivity contribution is 7.89. The average molecular weight is 444 g/mol. The van der Waals surface area contributed by atoms with E-state index in [-0.39, 0.29) is 10.8 Å². The van der Waals surface area contributed by atoms with Crippen LogP contribution in [-0.4, -0.2) is 58.2 Å². The SMILES string of the molecule is CCN(CC)S(=O)(=O)c1ccc2c(c1)nc(CCC(=O)N(C)Cc1cccnc1)n2C. The number of benzene rings is 1. The van der Waals surface area contributed by atoms with Gasteiger partial charge in [-0.3, -0.25) is 9.78 Å². The zero-order chi connectivity index (χ0) is 22.6. The third-order valence-corrected chi connectivity index (χ3v) is 7.46. The number of amides is 1. The van der Waals surface area contributed by atoms with E-state index in [0.717, 1.165) is 16.9 Å². The predicted molar refractivity (Wildman–Crippen MR) is 120 cm³/mol. The van der Waals surface area contributed by atoms with Crippen molar-refractivity contribution in [2.24, 2.45) is 7.05 Å². The minimum absolute atomic E-state index is 0.0145. The summed E-state index contributed by atoms with van der Waals surface area (Å²) in [7, 11) is 0.110. The molecule has 0 spiro atoms. The van der Waals surface area contributed by atoms with Crippen molar-refractivity contribution in [2.75, 3.05) is 20.1 Å². The molecule has 2 aromatic heterocycles. The van der Waals surface area contributed by atoms with Gasteiger partial charge in [0.1, 0.15) is 5.82 Å². The quantitative estimate of drug-likeness (QED) is 0.507. The number of fused-ring (bicyclic) bond motifs is 1. The minimum Gasteiger partial charge on any atom is -0.341 e. The molecule has 1 amide bonds. The molecular weight excluding hydrogens is 414 g/mol. The first-order chi connectivity index (χ1) is 14.8. The molecule has 166 valence electrons. The fourth-order valence-electron chi connectivity index (χ4n) is 3.59. The topological polar surface area (TPSA) is 88.4 Å². The van der Waals surface area contributed by atoms with Crippen molar-refractivity contribution in [1.29, 1.82) is 0 Å². The Balaban J connectivity index is 1.74. The van der Waals surface area contributed by atoms with Crippen LogP contribution in [0.3, 0.4) is 0 Å². The van der Waals surface area contributed by atoms with E-state index < -0.39 is 10.0 Å². The Morgan fingerprint density at radius 1 is 1.16 bits per heavy atom. The molecule has 0 saturated carbocycles. The van der Waals surface area contributed by atoms with Gasteiger partial charge < -0.3 is 9.47 Å². The molecule has 2 heterocycles. The Labute approximate surface area is 183 Å². The van der Waals surface area contributed by atoms with E-state index in [4.69, 9.17) is 0 Å². The van der Waals surface area contributed by atoms with Crippen LogP contribution in [0.1, 0.15) is 31.7 Å². The number of hydrogen-bond donors (Lipinski definition) is 0. The highest BCUT2D eigenvalue weighted by Gasteiger charge is 2.23. The van der Waals surface area contributed by atoms with E-state index in [1.54, 1.807) is 42.5 Å². The van der Waals surface area contributed by atoms with Gasteiger partial charge in [0, 0.05) is 59.0 Å². The number of sulfonamides is 1. The molecule has 9 heteroatoms. The molecule has 0 N–H and O–H groups in total. The van der Waals surface area contributed by atoms with Gasteiger partial charge in [0.25, 0.3) is 0 Å². The fourth-order valence-corrected chi connectivity index (χ4v) is 5.07. The van der Waals surface area contributed by atoms with Gasteiger partial charge >= 0.3 is 0 Å². The van der Waals surface area contributed by atoms with Crippen LogP contribution in [0, 0.1) is 0 Å². The van der Waals surface area contributed by atoms with E-state index in [0.29, 0.717) is 38.0 Å². The molecule has 0 bridgehead atoms. The summed E-state index contributed by atoms with van der Waals surface area (Å²) in [6, 6.07) is 8.80. The summed E-state index contributed by atoms with van der Waals surface area (Å²) in [4.78, 5) is 23.2. The summed E-state index contributed by atoms with van der Waals surface area (Å²) in [5, 5.41) is 0. The lowest BCUT2D eigenvalue weighted by Crippen LogP contribution is -2.30. The third kappa shape index (κ3) is 4.94. The first-order valence-electron chi connectivity index (χ1n) is 10.4. The van der Waals surface area contributed by atoms with Gasteiger partial charge in [-0.15, -0.1) is 0 Å². The number of rotatable bonds is 9. The van der Waals surface area contributed by atoms with Crippen molar-refractivity contribution < 1.29 is 13.2 Å². The molecule has 31 heavy (non-hydrogen) atoms. The van der Waals surface area contributed by atoms with E-state index in [2.05, 4.69) is 9.97 Å². The molecule has 0 aliphatic rings. The smallest absolute Gasteiger partial charge is 0.243 e. The average Bonchev–Trinajstić information content (AvgIpc) is 3.08. The van der Waals surface area contributed by atoms with Crippen LogP contribution in [0.5, 0.6) is 0 Å². The highest BCUT2D eigenvalue weighted by Crippen LogP contribution is 2.23. The summed E-state index contributed by atoms with van der Waals surface area (Å²) in [6.45, 7) is 4.97. The Bertz CT molecular complexity index is 1150. The monoisotopic (exact) mass is 443 g/mol. The number of aromatic nitrogens is 3. The maximum atomic E-state index is 12.8. The minimum atomic E-state index is -3.54. The van der Waals surface area contributed by atoms with Gasteiger partial charge in [-0.2, -0.15) is 4.31 Å². The van der Waals surface area contributed by atoms with Gasteiger partial charge in [-0.25, -0.2) is 13.4 Å². The predicted octanol–water partition coefficient (Wildman–Crippen LogP) is 2.59. The lowest BCUT2D eigenvalue weighted by atomic mass is 10.2. The van der Waals surface area contributed by atoms with E-state index in [1.165, 1.54) is 4.31 Å². The number of carbonyl (C=O) groups excluding carboxylic acids is 1. The molecule has 0 fully saturated rings. The van der Waals surface area contributed by atoms with Crippen molar-refractivity contribution in [2.45, 2.75) is 38.1 Å². The Morgan fingerprint density at radius 3 is 2.55 bits per heavy atom. The van der Waals surface area contributed by atoms with Crippen molar-refractivity contribution in [1.82, 2.24) is 23.7 Å². The number of imidazole rings is 1. The van der Waals surface area contributed by atoms with E-state index in [1.807, 2.05) is 37.6 Å². The largest absolute Gasteiger partial charge is 0.341 e. The van der Waals surface area contributed by atoms with Crippen LogP contribution < -0.4 is 0 Å². The first-order valence-corrected chi connectivity index (χ1v) is 11.8. The number of pyridine rings is 1. The van der Waals surface area contributed by atoms with E-state index in [9.17, 15) is 13.2 Å². The number of hydrogen-bond acceptors (Lipinski definition) is 5. The van der Waals surface area contributed by atoms with E-state index >= 15 is 0 Å². The lowest BCUT2D eigenvalue weighted by molar-refractivity contribution is -0.130. The molecule has 0 saturated heterocycles. The van der Waals surface area contributed by atoms with Crippen LogP contribution in [-0.2, 0) is 34.8 Å². The van der Waals surface area contributed by atoms with Gasteiger partial charge in [0.15, 0.2) is 0 Å². The molecule has 0 unspecified atom stereocenters. The summed E-state index contributed by atoms with van der Waals surface area (Å²) in [5.74, 6) is 0.760. The van der Waals surface area contributed by atoms with Crippen LogP contribution >= 0.6 is 0 Å². The number of carbonyl (C=O) groups is 1. The molecule has 0 radical (unpaired) electrons. The third-order valence-electron chi connectivity index (χ3n) is 5.42. The maximum absolute atomic E-state index is 12.8. The van der Waals surface area contributed by atoms with Crippen LogP contribution in [0.4, 0.5) is 0 Å². The molecule has 3 rings (SSSR count). The number of nitrogens with zero attached hydrogens (tertiary/aromatic N) is 5. The van der Waals surface area contributed by atoms with Gasteiger partial charge in [-0.1, -0.05) is 19.9 Å². The second-order valence-electron chi connectivity index (χ2n) is 7.44. The van der Waals surface area contributed by atoms with Crippen LogP contribution in [0.15, 0.2) is 47.6 Å². The Kier molecular flexibility index (Phi) is 7.07. The standard InChI is InChI=1S/C22H29N5O3S/c1-5-27(6-2)31(29,30)18-9-10-20-19(14-18)24-21(26(20)4)11-12-22(28)25(3)16-17-8-7-13-23-15-17/h7-10,13-15H,5-6,11-12,16H2,1-4H3. The van der Waals surface area contributed by atoms with Gasteiger partial charge in [0.2, 0.25) is 15.9 Å². The summed E-state index contributed by atoms with van der Waals surface area (Å²) >= 11 is 0. The summed E-state index contributed by atoms with van der Waals surface area (Å²) in [5.41, 5.74) is 2.43. The second kappa shape index (κ2) is 9.57. The number of aryl methyl sites for hydroxylation is 2. The Hall–Kier alpha value is -2.78. The molecule has 1 aromatic carbocycles. The normalized spacial score (nSPS) is 11.9. The Morgan fingerprint density at radius 2 is 1.90 bits per heavy atom. The van der Waals surface area contributed by atoms with Crippen LogP contribution in [0.25, 0.3) is 11.0 Å². The van der Waals surface area contributed by atoms with Crippen molar-refractivity contribution >= 4 is 27.0 Å². The van der Waals surface area contributed by atoms with Gasteiger partial charge in [-0.05, 0) is 29.8 Å². The molecule has 8 nitrogen and oxygen atoms in total. The maximum Gasteiger partial charge on any atom is 0.243 e. The van der Waals surface area contributed by atoms with Crippen LogP contribution in [0.2, 0.25) is 0 Å². The molecule has 0 atom stereocenters. The van der Waals surface area contributed by atoms with Crippen molar-refractivity contribution in [3.63, 3.8) is 0 Å². The van der Waals surface area contributed by atoms with Crippen molar-refractivity contribution in [3.05, 3.63) is 54.1 Å². The summed E-state index contributed by atoms with van der Waals surface area (Å²) < 4.78 is 29.0. The second-order valence-corrected chi connectivity index (χ2v) is 9.38. The molecule has 0 aliphatic carbocycles. The highest BCUT2D eigenvalue weighted by atomic mass is 32.2. The zero-order valence-corrected chi connectivity index (χ0v) is 19.3.